The molecule has 8 heteroatoms. The van der Waals surface area contributed by atoms with Crippen molar-refractivity contribution in [2.75, 3.05) is 5.32 Å². The highest BCUT2D eigenvalue weighted by molar-refractivity contribution is 7.80. The predicted octanol–water partition coefficient (Wildman–Crippen LogP) is 4.51. The lowest BCUT2D eigenvalue weighted by atomic mass is 9.93. The molecule has 0 fully saturated rings. The number of nitrogens with one attached hydrogen (secondary N) is 2. The third-order valence-corrected chi connectivity index (χ3v) is 5.02. The Balaban J connectivity index is 1.49. The van der Waals surface area contributed by atoms with Crippen LogP contribution in [-0.4, -0.2) is 16.7 Å². The fourth-order valence-electron chi connectivity index (χ4n) is 3.54. The molecule has 2 aromatic carbocycles. The van der Waals surface area contributed by atoms with Crippen molar-refractivity contribution < 1.29 is 13.9 Å². The number of amides is 1. The van der Waals surface area contributed by atoms with Crippen LogP contribution < -0.4 is 21.2 Å². The van der Waals surface area contributed by atoms with Crippen LogP contribution in [0.3, 0.4) is 0 Å². The maximum atomic E-state index is 12.9. The Hall–Kier alpha value is -3.65. The Morgan fingerprint density at radius 3 is 2.52 bits per heavy atom. The van der Waals surface area contributed by atoms with E-state index in [9.17, 15) is 4.79 Å². The number of fused-ring (bicyclic) bond motifs is 1. The second-order valence-corrected chi connectivity index (χ2v) is 7.58. The van der Waals surface area contributed by atoms with Crippen LogP contribution in [0.5, 0.6) is 11.5 Å². The highest BCUT2D eigenvalue weighted by Gasteiger charge is 2.28. The molecule has 0 radical (unpaired) electrons. The van der Waals surface area contributed by atoms with Gasteiger partial charge in [0.05, 0.1) is 5.71 Å². The highest BCUT2D eigenvalue weighted by Crippen LogP contribution is 2.30. The summed E-state index contributed by atoms with van der Waals surface area (Å²) in [6, 6.07) is 16.7. The van der Waals surface area contributed by atoms with Crippen LogP contribution in [0.25, 0.3) is 0 Å². The SMILES string of the molecule is Cc1c(C(=O)Nc2ccc(Oc3ccccc3)cc2)oc2c1/C(=N/NC(N)=S)CCC2. The molecule has 0 saturated carbocycles. The Morgan fingerprint density at radius 2 is 1.81 bits per heavy atom. The first-order valence-corrected chi connectivity index (χ1v) is 10.3. The minimum absolute atomic E-state index is 0.0958. The minimum Gasteiger partial charge on any atom is -0.457 e. The number of para-hydroxylation sites is 1. The number of hydrogen-bond acceptors (Lipinski definition) is 5. The van der Waals surface area contributed by atoms with Gasteiger partial charge in [-0.15, -0.1) is 0 Å². The number of carbonyl (C=O) groups excluding carboxylic acids is 1. The van der Waals surface area contributed by atoms with Crippen LogP contribution in [0.15, 0.2) is 64.1 Å². The Kier molecular flexibility index (Phi) is 5.99. The molecule has 0 spiro atoms. The lowest BCUT2D eigenvalue weighted by molar-refractivity contribution is 0.0994. The number of carbonyl (C=O) groups is 1. The molecule has 0 atom stereocenters. The van der Waals surface area contributed by atoms with Crippen molar-refractivity contribution in [2.24, 2.45) is 10.8 Å². The molecule has 0 unspecified atom stereocenters. The van der Waals surface area contributed by atoms with Gasteiger partial charge in [-0.05, 0) is 68.4 Å². The fraction of sp³-hybridized carbons (Fsp3) is 0.174. The molecular formula is C23H22N4O3S. The van der Waals surface area contributed by atoms with Gasteiger partial charge in [0, 0.05) is 23.2 Å². The lowest BCUT2D eigenvalue weighted by Gasteiger charge is -2.13. The van der Waals surface area contributed by atoms with Gasteiger partial charge in [0.15, 0.2) is 10.9 Å². The molecule has 0 bridgehead atoms. The summed E-state index contributed by atoms with van der Waals surface area (Å²) in [7, 11) is 0. The summed E-state index contributed by atoms with van der Waals surface area (Å²) in [6.45, 7) is 1.86. The molecule has 0 saturated heterocycles. The van der Waals surface area contributed by atoms with Gasteiger partial charge in [-0.1, -0.05) is 18.2 Å². The second kappa shape index (κ2) is 9.01. The highest BCUT2D eigenvalue weighted by atomic mass is 32.1. The van der Waals surface area contributed by atoms with Gasteiger partial charge >= 0.3 is 0 Å². The molecule has 0 aliphatic heterocycles. The first kappa shape index (κ1) is 20.6. The summed E-state index contributed by atoms with van der Waals surface area (Å²) < 4.78 is 11.7. The van der Waals surface area contributed by atoms with Crippen molar-refractivity contribution in [3.63, 3.8) is 0 Å². The van der Waals surface area contributed by atoms with Crippen LogP contribution in [0.4, 0.5) is 5.69 Å². The number of aryl methyl sites for hydroxylation is 1. The van der Waals surface area contributed by atoms with Gasteiger partial charge in [-0.2, -0.15) is 5.10 Å². The van der Waals surface area contributed by atoms with Gasteiger partial charge in [-0.25, -0.2) is 0 Å². The van der Waals surface area contributed by atoms with E-state index in [1.807, 2.05) is 37.3 Å². The van der Waals surface area contributed by atoms with Gasteiger partial charge in [0.1, 0.15) is 17.3 Å². The smallest absolute Gasteiger partial charge is 0.291 e. The number of furan rings is 1. The Bertz CT molecular complexity index is 1140. The van der Waals surface area contributed by atoms with E-state index in [4.69, 9.17) is 27.1 Å². The summed E-state index contributed by atoms with van der Waals surface area (Å²) in [4.78, 5) is 12.9. The predicted molar refractivity (Wildman–Crippen MR) is 124 cm³/mol. The molecule has 1 heterocycles. The maximum Gasteiger partial charge on any atom is 0.291 e. The maximum absolute atomic E-state index is 12.9. The molecule has 7 nitrogen and oxygen atoms in total. The van der Waals surface area contributed by atoms with Gasteiger partial charge < -0.3 is 20.2 Å². The van der Waals surface area contributed by atoms with E-state index < -0.39 is 0 Å². The molecule has 1 aliphatic rings. The number of rotatable bonds is 5. The monoisotopic (exact) mass is 434 g/mol. The van der Waals surface area contributed by atoms with Crippen molar-refractivity contribution in [3.05, 3.63) is 77.2 Å². The van der Waals surface area contributed by atoms with E-state index in [1.165, 1.54) is 0 Å². The average molecular weight is 435 g/mol. The zero-order valence-corrected chi connectivity index (χ0v) is 17.8. The largest absolute Gasteiger partial charge is 0.457 e. The summed E-state index contributed by atoms with van der Waals surface area (Å²) in [5.74, 6) is 2.15. The number of nitrogens with two attached hydrogens (primary N) is 1. The van der Waals surface area contributed by atoms with Gasteiger partial charge in [0.2, 0.25) is 0 Å². The summed E-state index contributed by atoms with van der Waals surface area (Å²) >= 11 is 4.82. The molecule has 1 aromatic heterocycles. The minimum atomic E-state index is -0.315. The quantitative estimate of drug-likeness (QED) is 0.403. The van der Waals surface area contributed by atoms with Crippen molar-refractivity contribution >= 4 is 34.6 Å². The molecule has 4 rings (SSSR count). The standard InChI is InChI=1S/C23H22N4O3S/c1-14-20-18(26-27-23(24)31)8-5-9-19(20)30-21(14)22(28)25-15-10-12-17(13-11-15)29-16-6-3-2-4-7-16/h2-4,6-7,10-13H,5,8-9H2,1H3,(H,25,28)(H3,24,27,31)/b26-18+. The molecule has 1 aliphatic carbocycles. The molecular weight excluding hydrogens is 412 g/mol. The van der Waals surface area contributed by atoms with Crippen LogP contribution >= 0.6 is 12.2 Å². The van der Waals surface area contributed by atoms with E-state index in [2.05, 4.69) is 15.8 Å². The van der Waals surface area contributed by atoms with E-state index in [0.717, 1.165) is 47.6 Å². The van der Waals surface area contributed by atoms with Crippen molar-refractivity contribution in [1.29, 1.82) is 0 Å². The number of nitrogens with zero attached hydrogens (tertiary/aromatic N) is 1. The van der Waals surface area contributed by atoms with Crippen LogP contribution in [0.1, 0.15) is 40.3 Å². The van der Waals surface area contributed by atoms with Crippen molar-refractivity contribution in [1.82, 2.24) is 5.43 Å². The molecule has 1 amide bonds. The number of hydrogen-bond donors (Lipinski definition) is 3. The Labute approximate surface area is 185 Å². The molecule has 158 valence electrons. The van der Waals surface area contributed by atoms with E-state index in [1.54, 1.807) is 24.3 Å². The summed E-state index contributed by atoms with van der Waals surface area (Å²) in [6.07, 6.45) is 2.38. The van der Waals surface area contributed by atoms with Crippen LogP contribution in [-0.2, 0) is 6.42 Å². The third kappa shape index (κ3) is 4.75. The first-order valence-electron chi connectivity index (χ1n) is 9.90. The molecule has 31 heavy (non-hydrogen) atoms. The average Bonchev–Trinajstić information content (AvgIpc) is 3.12. The first-order chi connectivity index (χ1) is 15.0. The number of hydrazone groups is 1. The number of anilines is 1. The summed E-state index contributed by atoms with van der Waals surface area (Å²) in [5.41, 5.74) is 11.1. The second-order valence-electron chi connectivity index (χ2n) is 7.14. The fourth-order valence-corrected chi connectivity index (χ4v) is 3.58. The van der Waals surface area contributed by atoms with E-state index in [0.29, 0.717) is 11.4 Å². The van der Waals surface area contributed by atoms with Crippen LogP contribution in [0.2, 0.25) is 0 Å². The van der Waals surface area contributed by atoms with Crippen LogP contribution in [0, 0.1) is 6.92 Å². The lowest BCUT2D eigenvalue weighted by Crippen LogP contribution is -2.26. The van der Waals surface area contributed by atoms with Crippen molar-refractivity contribution in [2.45, 2.75) is 26.2 Å². The van der Waals surface area contributed by atoms with E-state index in [-0.39, 0.29) is 16.8 Å². The zero-order valence-electron chi connectivity index (χ0n) is 17.0. The van der Waals surface area contributed by atoms with E-state index >= 15 is 0 Å². The molecule has 4 N–H and O–H groups in total. The number of thiocarbonyl (C=S) groups is 1. The zero-order chi connectivity index (χ0) is 21.8. The Morgan fingerprint density at radius 1 is 1.10 bits per heavy atom. The number of benzene rings is 2. The van der Waals surface area contributed by atoms with Gasteiger partial charge in [0.25, 0.3) is 5.91 Å². The topological polar surface area (TPSA) is 102 Å². The normalized spacial score (nSPS) is 14.0. The molecule has 3 aromatic rings. The summed E-state index contributed by atoms with van der Waals surface area (Å²) in [5, 5.41) is 7.26. The number of ether oxygens (including phenoxy) is 1. The van der Waals surface area contributed by atoms with Crippen molar-refractivity contribution in [3.8, 4) is 11.5 Å². The van der Waals surface area contributed by atoms with Gasteiger partial charge in [-0.3, -0.25) is 10.2 Å². The third-order valence-electron chi connectivity index (χ3n) is 4.92.